The summed E-state index contributed by atoms with van der Waals surface area (Å²) < 4.78 is 44.6. The SMILES string of the molecule is O=[N+]([O-])c1cc(C(F)(F)F)ccc1N1CCN(Cc2ncc(-c3ccccc3)o2)CC1. The molecule has 0 bridgehead atoms. The molecule has 0 amide bonds. The second-order valence-corrected chi connectivity index (χ2v) is 7.21. The summed E-state index contributed by atoms with van der Waals surface area (Å²) in [5.74, 6) is 1.24. The van der Waals surface area contributed by atoms with Crippen molar-refractivity contribution >= 4 is 11.4 Å². The first kappa shape index (κ1) is 20.9. The number of nitro benzene ring substituents is 1. The molecule has 162 valence electrons. The van der Waals surface area contributed by atoms with E-state index in [2.05, 4.69) is 9.88 Å². The van der Waals surface area contributed by atoms with Crippen LogP contribution in [0.3, 0.4) is 0 Å². The second kappa shape index (κ2) is 8.38. The third kappa shape index (κ3) is 4.69. The zero-order valence-electron chi connectivity index (χ0n) is 16.4. The topological polar surface area (TPSA) is 75.7 Å². The summed E-state index contributed by atoms with van der Waals surface area (Å²) in [6, 6.07) is 12.3. The van der Waals surface area contributed by atoms with Gasteiger partial charge in [-0.1, -0.05) is 30.3 Å². The monoisotopic (exact) mass is 432 g/mol. The highest BCUT2D eigenvalue weighted by Crippen LogP contribution is 2.36. The molecule has 3 aromatic rings. The number of hydrogen-bond acceptors (Lipinski definition) is 6. The first-order valence-electron chi connectivity index (χ1n) is 9.64. The number of benzene rings is 2. The highest BCUT2D eigenvalue weighted by Gasteiger charge is 2.34. The van der Waals surface area contributed by atoms with Crippen LogP contribution in [0.1, 0.15) is 11.5 Å². The van der Waals surface area contributed by atoms with Crippen LogP contribution in [0, 0.1) is 10.1 Å². The molecule has 0 unspecified atom stereocenters. The smallest absolute Gasteiger partial charge is 0.416 e. The molecule has 31 heavy (non-hydrogen) atoms. The van der Waals surface area contributed by atoms with Gasteiger partial charge in [0.15, 0.2) is 5.76 Å². The van der Waals surface area contributed by atoms with Crippen molar-refractivity contribution in [2.24, 2.45) is 0 Å². The lowest BCUT2D eigenvalue weighted by Gasteiger charge is -2.35. The largest absolute Gasteiger partial charge is 0.439 e. The highest BCUT2D eigenvalue weighted by atomic mass is 19.4. The van der Waals surface area contributed by atoms with Crippen molar-refractivity contribution in [1.82, 2.24) is 9.88 Å². The second-order valence-electron chi connectivity index (χ2n) is 7.21. The van der Waals surface area contributed by atoms with E-state index in [0.717, 1.165) is 11.6 Å². The number of nitro groups is 1. The van der Waals surface area contributed by atoms with Gasteiger partial charge in [-0.15, -0.1) is 0 Å². The first-order chi connectivity index (χ1) is 14.8. The van der Waals surface area contributed by atoms with Crippen LogP contribution in [0.15, 0.2) is 59.1 Å². The zero-order chi connectivity index (χ0) is 22.0. The molecule has 1 saturated heterocycles. The lowest BCUT2D eigenvalue weighted by molar-refractivity contribution is -0.384. The molecule has 1 aliphatic rings. The van der Waals surface area contributed by atoms with Gasteiger partial charge in [0.2, 0.25) is 5.89 Å². The fourth-order valence-corrected chi connectivity index (χ4v) is 3.57. The van der Waals surface area contributed by atoms with Gasteiger partial charge in [0.05, 0.1) is 23.2 Å². The summed E-state index contributed by atoms with van der Waals surface area (Å²) in [5.41, 5.74) is -0.441. The molecule has 2 aromatic carbocycles. The number of hydrogen-bond donors (Lipinski definition) is 0. The van der Waals surface area contributed by atoms with E-state index < -0.39 is 22.4 Å². The molecule has 0 N–H and O–H groups in total. The van der Waals surface area contributed by atoms with E-state index in [-0.39, 0.29) is 5.69 Å². The third-order valence-electron chi connectivity index (χ3n) is 5.18. The minimum absolute atomic E-state index is 0.195. The predicted octanol–water partition coefficient (Wildman–Crippen LogP) is 4.59. The number of aromatic nitrogens is 1. The normalized spacial score (nSPS) is 15.3. The average molecular weight is 432 g/mol. The van der Waals surface area contributed by atoms with Crippen LogP contribution in [-0.4, -0.2) is 41.0 Å². The Morgan fingerprint density at radius 1 is 1.06 bits per heavy atom. The zero-order valence-corrected chi connectivity index (χ0v) is 16.4. The summed E-state index contributed by atoms with van der Waals surface area (Å²) in [5, 5.41) is 11.3. The number of nitrogens with zero attached hydrogens (tertiary/aromatic N) is 4. The van der Waals surface area contributed by atoms with Gasteiger partial charge in [0.25, 0.3) is 5.69 Å². The molecule has 0 atom stereocenters. The van der Waals surface area contributed by atoms with Crippen molar-refractivity contribution in [2.75, 3.05) is 31.1 Å². The Labute approximate surface area is 175 Å². The van der Waals surface area contributed by atoms with Crippen molar-refractivity contribution in [3.8, 4) is 11.3 Å². The molecule has 0 aliphatic carbocycles. The molecule has 1 aliphatic heterocycles. The molecule has 2 heterocycles. The van der Waals surface area contributed by atoms with Crippen LogP contribution < -0.4 is 4.90 Å². The highest BCUT2D eigenvalue weighted by molar-refractivity contribution is 5.65. The fourth-order valence-electron chi connectivity index (χ4n) is 3.57. The van der Waals surface area contributed by atoms with E-state index in [4.69, 9.17) is 4.42 Å². The van der Waals surface area contributed by atoms with Crippen molar-refractivity contribution in [3.05, 3.63) is 76.3 Å². The van der Waals surface area contributed by atoms with Crippen molar-refractivity contribution in [2.45, 2.75) is 12.7 Å². The molecule has 0 radical (unpaired) electrons. The molecule has 7 nitrogen and oxygen atoms in total. The minimum Gasteiger partial charge on any atom is -0.439 e. The van der Waals surface area contributed by atoms with Gasteiger partial charge in [0, 0.05) is 37.8 Å². The maximum atomic E-state index is 12.9. The average Bonchev–Trinajstić information content (AvgIpc) is 3.22. The standard InChI is InChI=1S/C21H19F3N4O3/c22-21(23,24)16-6-7-17(18(12-16)28(29)30)27-10-8-26(9-11-27)14-20-25-13-19(31-20)15-4-2-1-3-5-15/h1-7,12-13H,8-11,14H2. The van der Waals surface area contributed by atoms with E-state index >= 15 is 0 Å². The Bertz CT molecular complexity index is 1060. The first-order valence-corrected chi connectivity index (χ1v) is 9.64. The molecule has 10 heteroatoms. The van der Waals surface area contributed by atoms with E-state index in [1.165, 1.54) is 6.07 Å². The van der Waals surface area contributed by atoms with Crippen LogP contribution in [0.25, 0.3) is 11.3 Å². The molecular weight excluding hydrogens is 413 g/mol. The van der Waals surface area contributed by atoms with Crippen LogP contribution in [0.5, 0.6) is 0 Å². The summed E-state index contributed by atoms with van der Waals surface area (Å²) >= 11 is 0. The van der Waals surface area contributed by atoms with Gasteiger partial charge >= 0.3 is 6.18 Å². The van der Waals surface area contributed by atoms with Gasteiger partial charge in [-0.25, -0.2) is 4.98 Å². The summed E-state index contributed by atoms with van der Waals surface area (Å²) in [4.78, 5) is 18.7. The van der Waals surface area contributed by atoms with Gasteiger partial charge in [0.1, 0.15) is 5.69 Å². The fraction of sp³-hybridized carbons (Fsp3) is 0.286. The predicted molar refractivity (Wildman–Crippen MR) is 108 cm³/mol. The van der Waals surface area contributed by atoms with Gasteiger partial charge in [-0.2, -0.15) is 13.2 Å². The molecule has 1 aromatic heterocycles. The van der Waals surface area contributed by atoms with Crippen LogP contribution in [0.2, 0.25) is 0 Å². The Balaban J connectivity index is 1.41. The van der Waals surface area contributed by atoms with E-state index in [1.807, 2.05) is 30.3 Å². The number of alkyl halides is 3. The molecule has 1 fully saturated rings. The Hall–Kier alpha value is -3.40. The molecular formula is C21H19F3N4O3. The van der Waals surface area contributed by atoms with Crippen molar-refractivity contribution in [1.29, 1.82) is 0 Å². The summed E-state index contributed by atoms with van der Waals surface area (Å²) in [6.07, 6.45) is -2.96. The van der Waals surface area contributed by atoms with Gasteiger partial charge in [-0.05, 0) is 12.1 Å². The molecule has 4 rings (SSSR count). The Kier molecular flexibility index (Phi) is 5.64. The lowest BCUT2D eigenvalue weighted by Crippen LogP contribution is -2.46. The minimum atomic E-state index is -4.63. The lowest BCUT2D eigenvalue weighted by atomic mass is 10.1. The van der Waals surface area contributed by atoms with Crippen molar-refractivity contribution in [3.63, 3.8) is 0 Å². The van der Waals surface area contributed by atoms with Crippen LogP contribution in [-0.2, 0) is 12.7 Å². The maximum absolute atomic E-state index is 12.9. The molecule has 0 saturated carbocycles. The number of halogens is 3. The quantitative estimate of drug-likeness (QED) is 0.434. The van der Waals surface area contributed by atoms with E-state index in [9.17, 15) is 23.3 Å². The van der Waals surface area contributed by atoms with E-state index in [0.29, 0.717) is 50.4 Å². The summed E-state index contributed by atoms with van der Waals surface area (Å²) in [6.45, 7) is 2.51. The van der Waals surface area contributed by atoms with Crippen LogP contribution >= 0.6 is 0 Å². The van der Waals surface area contributed by atoms with E-state index in [1.54, 1.807) is 11.1 Å². The van der Waals surface area contributed by atoms with Gasteiger partial charge in [-0.3, -0.25) is 15.0 Å². The van der Waals surface area contributed by atoms with Gasteiger partial charge < -0.3 is 9.32 Å². The van der Waals surface area contributed by atoms with Crippen LogP contribution in [0.4, 0.5) is 24.5 Å². The number of piperazine rings is 1. The van der Waals surface area contributed by atoms with Crippen molar-refractivity contribution < 1.29 is 22.5 Å². The number of rotatable bonds is 5. The maximum Gasteiger partial charge on any atom is 0.416 e. The Morgan fingerprint density at radius 2 is 1.77 bits per heavy atom. The number of anilines is 1. The number of oxazole rings is 1. The summed E-state index contributed by atoms with van der Waals surface area (Å²) in [7, 11) is 0. The molecule has 0 spiro atoms. The third-order valence-corrected chi connectivity index (χ3v) is 5.18. The Morgan fingerprint density at radius 3 is 2.42 bits per heavy atom.